The van der Waals surface area contributed by atoms with E-state index in [9.17, 15) is 4.79 Å². The number of amides is 1. The molecule has 7 heteroatoms. The summed E-state index contributed by atoms with van der Waals surface area (Å²) in [6.07, 6.45) is 14.6. The number of ether oxygens (including phenoxy) is 1. The van der Waals surface area contributed by atoms with Crippen molar-refractivity contribution in [3.8, 4) is 11.1 Å². The van der Waals surface area contributed by atoms with E-state index in [1.54, 1.807) is 24.1 Å². The van der Waals surface area contributed by atoms with Gasteiger partial charge in [-0.25, -0.2) is 0 Å². The number of carbonyl (C=O) groups is 1. The van der Waals surface area contributed by atoms with E-state index in [-0.39, 0.29) is 6.04 Å². The molecule has 0 aliphatic carbocycles. The molecule has 1 amide bonds. The summed E-state index contributed by atoms with van der Waals surface area (Å²) in [7, 11) is 0. The molecule has 2 aromatic rings. The van der Waals surface area contributed by atoms with Gasteiger partial charge in [-0.15, -0.1) is 11.8 Å². The van der Waals surface area contributed by atoms with Crippen molar-refractivity contribution in [2.24, 2.45) is 5.73 Å². The summed E-state index contributed by atoms with van der Waals surface area (Å²) in [5.41, 5.74) is 13.5. The Bertz CT molecular complexity index is 1320. The third-order valence-corrected chi connectivity index (χ3v) is 8.68. The van der Waals surface area contributed by atoms with Gasteiger partial charge in [-0.2, -0.15) is 4.89 Å². The van der Waals surface area contributed by atoms with Gasteiger partial charge in [0.2, 0.25) is 5.91 Å². The highest BCUT2D eigenvalue weighted by molar-refractivity contribution is 7.99. The minimum absolute atomic E-state index is 0.256. The zero-order valence-electron chi connectivity index (χ0n) is 27.1. The zero-order chi connectivity index (χ0) is 31.7. The van der Waals surface area contributed by atoms with Crippen LogP contribution in [0.15, 0.2) is 88.6 Å². The number of rotatable bonds is 17. The summed E-state index contributed by atoms with van der Waals surface area (Å²) in [4.78, 5) is 26.4. The molecule has 0 bridgehead atoms. The Hall–Kier alpha value is -3.10. The highest BCUT2D eigenvalue weighted by Crippen LogP contribution is 2.35. The molecule has 3 rings (SSSR count). The molecular formula is C37H50N2O4S. The molecule has 2 aromatic carbocycles. The molecular weight excluding hydrogens is 568 g/mol. The number of hydrogen-bond donors (Lipinski definition) is 1. The Labute approximate surface area is 269 Å². The van der Waals surface area contributed by atoms with Crippen molar-refractivity contribution in [3.05, 3.63) is 94.8 Å². The molecule has 0 aromatic heterocycles. The van der Waals surface area contributed by atoms with Crippen molar-refractivity contribution in [1.82, 2.24) is 4.90 Å². The molecule has 0 radical (unpaired) electrons. The number of primary amides is 1. The lowest BCUT2D eigenvalue weighted by atomic mass is 10.0. The standard InChI is InChI=1S/C37H50N2O4S/c1-28(2)10-6-11-29(3)12-7-13-30(4)19-25-44-36-34(16-9-17-35(36)37(38)40)33-15-8-14-32(26-33)18-22-42-43-27-31(5)39-20-23-41-24-21-39/h8-10,12,14-19,22,26,31H,6-7,11,13,20-21,23-25,27H2,1-5H3,(H2,38,40)/b22-18?,29-12?,30-19+. The lowest BCUT2D eigenvalue weighted by Gasteiger charge is -2.31. The average Bonchev–Trinajstić information content (AvgIpc) is 3.01. The normalized spacial score (nSPS) is 15.4. The minimum atomic E-state index is -0.420. The van der Waals surface area contributed by atoms with Crippen molar-refractivity contribution in [1.29, 1.82) is 0 Å². The van der Waals surface area contributed by atoms with E-state index in [1.165, 1.54) is 16.7 Å². The first-order valence-electron chi connectivity index (χ1n) is 15.6. The van der Waals surface area contributed by atoms with E-state index in [1.807, 2.05) is 30.3 Å². The van der Waals surface area contributed by atoms with Crippen LogP contribution in [0.25, 0.3) is 17.2 Å². The zero-order valence-corrected chi connectivity index (χ0v) is 28.0. The Kier molecular flexibility index (Phi) is 15.5. The van der Waals surface area contributed by atoms with Crippen LogP contribution >= 0.6 is 11.8 Å². The fourth-order valence-corrected chi connectivity index (χ4v) is 6.14. The van der Waals surface area contributed by atoms with Gasteiger partial charge in [-0.3, -0.25) is 9.69 Å². The quantitative estimate of drug-likeness (QED) is 0.0478. The Morgan fingerprint density at radius 2 is 1.70 bits per heavy atom. The monoisotopic (exact) mass is 618 g/mol. The number of nitrogens with zero attached hydrogens (tertiary/aromatic N) is 1. The maximum Gasteiger partial charge on any atom is 0.249 e. The number of thioether (sulfide) groups is 1. The van der Waals surface area contributed by atoms with E-state index in [0.29, 0.717) is 12.2 Å². The summed E-state index contributed by atoms with van der Waals surface area (Å²) in [5, 5.41) is 0. The minimum Gasteiger partial charge on any atom is -0.379 e. The lowest BCUT2D eigenvalue weighted by Crippen LogP contribution is -2.44. The number of morpholine rings is 1. The van der Waals surface area contributed by atoms with Gasteiger partial charge in [0.25, 0.3) is 0 Å². The Morgan fingerprint density at radius 1 is 1.00 bits per heavy atom. The maximum atomic E-state index is 12.4. The average molecular weight is 619 g/mol. The third kappa shape index (κ3) is 12.5. The predicted octanol–water partition coefficient (Wildman–Crippen LogP) is 8.60. The molecule has 1 aliphatic heterocycles. The van der Waals surface area contributed by atoms with E-state index in [4.69, 9.17) is 20.2 Å². The molecule has 0 saturated carbocycles. The van der Waals surface area contributed by atoms with Gasteiger partial charge >= 0.3 is 0 Å². The van der Waals surface area contributed by atoms with E-state index < -0.39 is 5.91 Å². The second kappa shape index (κ2) is 19.3. The third-order valence-electron chi connectivity index (χ3n) is 7.62. The first-order chi connectivity index (χ1) is 21.2. The van der Waals surface area contributed by atoms with Crippen molar-refractivity contribution in [3.63, 3.8) is 0 Å². The van der Waals surface area contributed by atoms with Gasteiger partial charge in [0.15, 0.2) is 0 Å². The second-order valence-corrected chi connectivity index (χ2v) is 12.7. The van der Waals surface area contributed by atoms with Crippen LogP contribution in [0.2, 0.25) is 0 Å². The molecule has 6 nitrogen and oxygen atoms in total. The number of hydrogen-bond acceptors (Lipinski definition) is 6. The van der Waals surface area contributed by atoms with Gasteiger partial charge < -0.3 is 15.4 Å². The van der Waals surface area contributed by atoms with Crippen molar-refractivity contribution >= 4 is 23.7 Å². The molecule has 1 atom stereocenters. The Balaban J connectivity index is 1.60. The molecule has 0 spiro atoms. The Morgan fingerprint density at radius 3 is 2.43 bits per heavy atom. The smallest absolute Gasteiger partial charge is 0.249 e. The van der Waals surface area contributed by atoms with Crippen LogP contribution in [-0.2, 0) is 14.5 Å². The molecule has 44 heavy (non-hydrogen) atoms. The second-order valence-electron chi connectivity index (χ2n) is 11.6. The SMILES string of the molecule is CC(C)=CCCC(C)=CCC/C(C)=C/CSc1c(C(N)=O)cccc1-c1cccc(C=COOCC(C)N2CCOCC2)c1. The van der Waals surface area contributed by atoms with Crippen LogP contribution in [0, 0.1) is 0 Å². The van der Waals surface area contributed by atoms with Crippen LogP contribution in [-0.4, -0.2) is 55.5 Å². The summed E-state index contributed by atoms with van der Waals surface area (Å²) >= 11 is 1.65. The summed E-state index contributed by atoms with van der Waals surface area (Å²) in [6, 6.07) is 14.1. The van der Waals surface area contributed by atoms with Gasteiger partial charge in [0.05, 0.1) is 18.8 Å². The summed E-state index contributed by atoms with van der Waals surface area (Å²) < 4.78 is 5.42. The van der Waals surface area contributed by atoms with Crippen molar-refractivity contribution < 1.29 is 19.3 Å². The van der Waals surface area contributed by atoms with Crippen LogP contribution < -0.4 is 5.73 Å². The fourth-order valence-electron chi connectivity index (χ4n) is 4.94. The van der Waals surface area contributed by atoms with E-state index in [0.717, 1.165) is 79.3 Å². The van der Waals surface area contributed by atoms with Crippen molar-refractivity contribution in [2.45, 2.75) is 71.2 Å². The van der Waals surface area contributed by atoms with Crippen LogP contribution in [0.4, 0.5) is 0 Å². The van der Waals surface area contributed by atoms with Crippen LogP contribution in [0.1, 0.15) is 76.2 Å². The molecule has 238 valence electrons. The maximum absolute atomic E-state index is 12.4. The highest BCUT2D eigenvalue weighted by Gasteiger charge is 2.17. The van der Waals surface area contributed by atoms with Gasteiger partial charge in [0.1, 0.15) is 12.9 Å². The largest absolute Gasteiger partial charge is 0.379 e. The number of nitrogens with two attached hydrogens (primary N) is 1. The highest BCUT2D eigenvalue weighted by atomic mass is 32.2. The fraction of sp³-hybridized carbons (Fsp3) is 0.432. The number of carbonyl (C=O) groups excluding carboxylic acids is 1. The van der Waals surface area contributed by atoms with E-state index in [2.05, 4.69) is 69.9 Å². The molecule has 2 N–H and O–H groups in total. The van der Waals surface area contributed by atoms with Crippen LogP contribution in [0.3, 0.4) is 0 Å². The first-order valence-corrected chi connectivity index (χ1v) is 16.6. The predicted molar refractivity (Wildman–Crippen MR) is 184 cm³/mol. The van der Waals surface area contributed by atoms with Gasteiger partial charge in [-0.05, 0) is 95.2 Å². The summed E-state index contributed by atoms with van der Waals surface area (Å²) in [6.45, 7) is 14.6. The molecule has 1 heterocycles. The molecule has 1 fully saturated rings. The first kappa shape index (κ1) is 35.4. The molecule has 1 saturated heterocycles. The molecule has 1 unspecified atom stereocenters. The van der Waals surface area contributed by atoms with E-state index >= 15 is 0 Å². The van der Waals surface area contributed by atoms with Crippen molar-refractivity contribution in [2.75, 3.05) is 38.7 Å². The van der Waals surface area contributed by atoms with Gasteiger partial charge in [0, 0.05) is 29.8 Å². The number of allylic oxidation sites excluding steroid dienone is 5. The summed E-state index contributed by atoms with van der Waals surface area (Å²) in [5.74, 6) is 0.344. The molecule has 1 aliphatic rings. The van der Waals surface area contributed by atoms with Gasteiger partial charge in [-0.1, -0.05) is 65.3 Å². The number of benzene rings is 2. The van der Waals surface area contributed by atoms with Crippen LogP contribution in [0.5, 0.6) is 0 Å². The lowest BCUT2D eigenvalue weighted by molar-refractivity contribution is -0.257. The topological polar surface area (TPSA) is 74.0 Å².